The van der Waals surface area contributed by atoms with Crippen molar-refractivity contribution in [3.63, 3.8) is 0 Å². The molecule has 0 unspecified atom stereocenters. The maximum absolute atomic E-state index is 12.7. The lowest BCUT2D eigenvalue weighted by atomic mass is 10.1. The topological polar surface area (TPSA) is 23.6 Å². The molecule has 3 nitrogen and oxygen atoms in total. The van der Waals surface area contributed by atoms with Gasteiger partial charge in [0.05, 0.1) is 10.6 Å². The van der Waals surface area contributed by atoms with Crippen LogP contribution in [0.25, 0.3) is 0 Å². The Kier molecular flexibility index (Phi) is 4.81. The highest BCUT2D eigenvalue weighted by Crippen LogP contribution is 2.25. The van der Waals surface area contributed by atoms with Gasteiger partial charge >= 0.3 is 0 Å². The summed E-state index contributed by atoms with van der Waals surface area (Å²) in [6.45, 7) is 9.40. The van der Waals surface area contributed by atoms with E-state index in [0.717, 1.165) is 31.7 Å². The molecule has 126 valence electrons. The molecule has 0 aromatic heterocycles. The van der Waals surface area contributed by atoms with Gasteiger partial charge in [-0.15, -0.1) is 0 Å². The van der Waals surface area contributed by atoms with Gasteiger partial charge in [0.25, 0.3) is 5.91 Å². The van der Waals surface area contributed by atoms with Gasteiger partial charge in [-0.25, -0.2) is 0 Å². The van der Waals surface area contributed by atoms with E-state index < -0.39 is 0 Å². The minimum Gasteiger partial charge on any atom is -0.368 e. The first kappa shape index (κ1) is 16.8. The molecule has 1 saturated heterocycles. The summed E-state index contributed by atoms with van der Waals surface area (Å²) in [4.78, 5) is 17.0. The van der Waals surface area contributed by atoms with Gasteiger partial charge in [-0.2, -0.15) is 0 Å². The third kappa shape index (κ3) is 3.27. The molecule has 1 heterocycles. The Labute approximate surface area is 148 Å². The molecule has 2 aromatic carbocycles. The van der Waals surface area contributed by atoms with E-state index in [1.54, 1.807) is 0 Å². The fraction of sp³-hybridized carbons (Fsp3) is 0.350. The molecular weight excluding hydrogens is 320 g/mol. The maximum atomic E-state index is 12.7. The van der Waals surface area contributed by atoms with Gasteiger partial charge < -0.3 is 9.80 Å². The minimum absolute atomic E-state index is 0.0283. The Morgan fingerprint density at radius 1 is 1.00 bits per heavy atom. The standard InChI is InChI=1S/C20H23ClN2O/c1-14-7-8-17(18(21)13-14)20(24)23-11-9-22(10-12-23)19-6-4-5-15(2)16(19)3/h4-8,13H,9-12H2,1-3H3. The number of hydrogen-bond donors (Lipinski definition) is 0. The van der Waals surface area contributed by atoms with Crippen LogP contribution in [0.4, 0.5) is 5.69 Å². The van der Waals surface area contributed by atoms with Crippen LogP contribution in [-0.2, 0) is 0 Å². The first-order chi connectivity index (χ1) is 11.5. The number of nitrogens with zero attached hydrogens (tertiary/aromatic N) is 2. The van der Waals surface area contributed by atoms with E-state index in [9.17, 15) is 4.79 Å². The van der Waals surface area contributed by atoms with E-state index in [1.807, 2.05) is 30.0 Å². The van der Waals surface area contributed by atoms with Crippen molar-refractivity contribution in [2.75, 3.05) is 31.1 Å². The summed E-state index contributed by atoms with van der Waals surface area (Å²) in [7, 11) is 0. The summed E-state index contributed by atoms with van der Waals surface area (Å²) in [5.41, 5.74) is 5.56. The average Bonchev–Trinajstić information content (AvgIpc) is 2.57. The van der Waals surface area contributed by atoms with Gasteiger partial charge in [0, 0.05) is 31.9 Å². The largest absolute Gasteiger partial charge is 0.368 e. The zero-order valence-corrected chi connectivity index (χ0v) is 15.2. The summed E-state index contributed by atoms with van der Waals surface area (Å²) in [5, 5.41) is 0.539. The van der Waals surface area contributed by atoms with E-state index in [0.29, 0.717) is 10.6 Å². The summed E-state index contributed by atoms with van der Waals surface area (Å²) >= 11 is 6.25. The average molecular weight is 343 g/mol. The second kappa shape index (κ2) is 6.86. The normalized spacial score (nSPS) is 14.8. The zero-order chi connectivity index (χ0) is 17.3. The van der Waals surface area contributed by atoms with Crippen LogP contribution >= 0.6 is 11.6 Å². The molecule has 1 fully saturated rings. The fourth-order valence-corrected chi connectivity index (χ4v) is 3.51. The number of aryl methyl sites for hydroxylation is 2. The molecule has 0 N–H and O–H groups in total. The molecule has 0 spiro atoms. The number of carbonyl (C=O) groups excluding carboxylic acids is 1. The number of benzene rings is 2. The smallest absolute Gasteiger partial charge is 0.255 e. The molecule has 0 atom stereocenters. The van der Waals surface area contributed by atoms with Crippen LogP contribution in [0.2, 0.25) is 5.02 Å². The van der Waals surface area contributed by atoms with E-state index in [4.69, 9.17) is 11.6 Å². The molecule has 0 saturated carbocycles. The SMILES string of the molecule is Cc1ccc(C(=O)N2CCN(c3cccc(C)c3C)CC2)c(Cl)c1. The van der Waals surface area contributed by atoms with Crippen LogP contribution in [0.3, 0.4) is 0 Å². The van der Waals surface area contributed by atoms with Crippen LogP contribution in [0.15, 0.2) is 36.4 Å². The van der Waals surface area contributed by atoms with E-state index in [-0.39, 0.29) is 5.91 Å². The fourth-order valence-electron chi connectivity index (χ4n) is 3.19. The number of halogens is 1. The lowest BCUT2D eigenvalue weighted by molar-refractivity contribution is 0.0747. The van der Waals surface area contributed by atoms with Crippen molar-refractivity contribution in [2.24, 2.45) is 0 Å². The summed E-state index contributed by atoms with van der Waals surface area (Å²) in [5.74, 6) is 0.0283. The number of rotatable bonds is 2. The van der Waals surface area contributed by atoms with E-state index in [2.05, 4.69) is 36.9 Å². The van der Waals surface area contributed by atoms with Gasteiger partial charge in [-0.3, -0.25) is 4.79 Å². The highest BCUT2D eigenvalue weighted by Gasteiger charge is 2.24. The van der Waals surface area contributed by atoms with Crippen molar-refractivity contribution in [2.45, 2.75) is 20.8 Å². The molecule has 1 aliphatic heterocycles. The molecule has 24 heavy (non-hydrogen) atoms. The van der Waals surface area contributed by atoms with Crippen molar-refractivity contribution in [3.05, 3.63) is 63.7 Å². The van der Waals surface area contributed by atoms with Crippen molar-refractivity contribution >= 4 is 23.2 Å². The minimum atomic E-state index is 0.0283. The number of amides is 1. The van der Waals surface area contributed by atoms with Crippen molar-refractivity contribution in [1.29, 1.82) is 0 Å². The highest BCUT2D eigenvalue weighted by atomic mass is 35.5. The Balaban J connectivity index is 1.71. The first-order valence-corrected chi connectivity index (χ1v) is 8.72. The third-order valence-corrected chi connectivity index (χ3v) is 5.15. The number of piperazine rings is 1. The molecule has 2 aromatic rings. The Morgan fingerprint density at radius 2 is 1.71 bits per heavy atom. The number of carbonyl (C=O) groups is 1. The van der Waals surface area contributed by atoms with Gasteiger partial charge in [0.2, 0.25) is 0 Å². The highest BCUT2D eigenvalue weighted by molar-refractivity contribution is 6.33. The lowest BCUT2D eigenvalue weighted by Gasteiger charge is -2.37. The summed E-state index contributed by atoms with van der Waals surface area (Å²) in [6.07, 6.45) is 0. The second-order valence-corrected chi connectivity index (χ2v) is 6.89. The van der Waals surface area contributed by atoms with Crippen LogP contribution in [-0.4, -0.2) is 37.0 Å². The second-order valence-electron chi connectivity index (χ2n) is 6.48. The van der Waals surface area contributed by atoms with Crippen molar-refractivity contribution in [1.82, 2.24) is 4.90 Å². The van der Waals surface area contributed by atoms with Crippen LogP contribution in [0.5, 0.6) is 0 Å². The first-order valence-electron chi connectivity index (χ1n) is 8.34. The van der Waals surface area contributed by atoms with E-state index in [1.165, 1.54) is 16.8 Å². The molecular formula is C20H23ClN2O. The van der Waals surface area contributed by atoms with E-state index >= 15 is 0 Å². The van der Waals surface area contributed by atoms with Gasteiger partial charge in [-0.05, 0) is 55.7 Å². The monoisotopic (exact) mass is 342 g/mol. The predicted octanol–water partition coefficient (Wildman–Crippen LogP) is 4.23. The lowest BCUT2D eigenvalue weighted by Crippen LogP contribution is -2.49. The predicted molar refractivity (Wildman–Crippen MR) is 100 cm³/mol. The van der Waals surface area contributed by atoms with Crippen molar-refractivity contribution in [3.8, 4) is 0 Å². The molecule has 0 radical (unpaired) electrons. The van der Waals surface area contributed by atoms with Gasteiger partial charge in [0.1, 0.15) is 0 Å². The molecule has 0 bridgehead atoms. The zero-order valence-electron chi connectivity index (χ0n) is 14.5. The Morgan fingerprint density at radius 3 is 2.38 bits per heavy atom. The molecule has 1 aliphatic rings. The number of anilines is 1. The van der Waals surface area contributed by atoms with Crippen LogP contribution in [0.1, 0.15) is 27.0 Å². The number of hydrogen-bond acceptors (Lipinski definition) is 2. The quantitative estimate of drug-likeness (QED) is 0.815. The third-order valence-electron chi connectivity index (χ3n) is 4.84. The molecule has 1 amide bonds. The van der Waals surface area contributed by atoms with Crippen LogP contribution in [0, 0.1) is 20.8 Å². The summed E-state index contributed by atoms with van der Waals surface area (Å²) in [6, 6.07) is 12.0. The molecule has 4 heteroatoms. The molecule has 3 rings (SSSR count). The Bertz CT molecular complexity index is 764. The summed E-state index contributed by atoms with van der Waals surface area (Å²) < 4.78 is 0. The van der Waals surface area contributed by atoms with Crippen molar-refractivity contribution < 1.29 is 4.79 Å². The van der Waals surface area contributed by atoms with Gasteiger partial charge in [0.15, 0.2) is 0 Å². The maximum Gasteiger partial charge on any atom is 0.255 e. The van der Waals surface area contributed by atoms with Gasteiger partial charge in [-0.1, -0.05) is 29.8 Å². The molecule has 0 aliphatic carbocycles. The Hall–Kier alpha value is -2.00. The van der Waals surface area contributed by atoms with Crippen LogP contribution < -0.4 is 4.90 Å².